The van der Waals surface area contributed by atoms with Gasteiger partial charge in [0.15, 0.2) is 0 Å². The van der Waals surface area contributed by atoms with Gasteiger partial charge < -0.3 is 9.42 Å². The summed E-state index contributed by atoms with van der Waals surface area (Å²) in [5, 5.41) is 7.43. The van der Waals surface area contributed by atoms with E-state index in [4.69, 9.17) is 4.52 Å². The van der Waals surface area contributed by atoms with Crippen LogP contribution in [0.4, 0.5) is 13.2 Å². The third-order valence-corrected chi connectivity index (χ3v) is 5.25. The lowest BCUT2D eigenvalue weighted by atomic mass is 9.92. The predicted molar refractivity (Wildman–Crippen MR) is 98.9 cm³/mol. The van der Waals surface area contributed by atoms with E-state index in [0.29, 0.717) is 19.4 Å². The number of aryl methyl sites for hydroxylation is 2. The van der Waals surface area contributed by atoms with Crippen LogP contribution in [-0.4, -0.2) is 43.8 Å². The van der Waals surface area contributed by atoms with Crippen LogP contribution in [0.3, 0.4) is 0 Å². The smallest absolute Gasteiger partial charge is 0.337 e. The van der Waals surface area contributed by atoms with Gasteiger partial charge in [0.05, 0.1) is 22.3 Å². The van der Waals surface area contributed by atoms with Gasteiger partial charge in [-0.15, -0.1) is 0 Å². The highest BCUT2D eigenvalue weighted by Crippen LogP contribution is 2.38. The fourth-order valence-corrected chi connectivity index (χ4v) is 3.73. The normalized spacial score (nSPS) is 17.5. The largest absolute Gasteiger partial charge is 0.417 e. The molecule has 1 atom stereocenters. The van der Waals surface area contributed by atoms with Gasteiger partial charge in [0.1, 0.15) is 5.69 Å². The summed E-state index contributed by atoms with van der Waals surface area (Å²) in [5.74, 6) is -0.783. The fraction of sp³-hybridized carbons (Fsp3) is 0.421. The van der Waals surface area contributed by atoms with E-state index in [1.54, 1.807) is 0 Å². The van der Waals surface area contributed by atoms with Gasteiger partial charge in [-0.1, -0.05) is 5.16 Å². The summed E-state index contributed by atoms with van der Waals surface area (Å²) in [6, 6.07) is 3.62. The third-order valence-electron chi connectivity index (χ3n) is 5.25. The number of pyridine rings is 1. The molecular weight excluding hydrogens is 403 g/mol. The third kappa shape index (κ3) is 3.55. The van der Waals surface area contributed by atoms with E-state index in [0.717, 1.165) is 10.7 Å². The maximum absolute atomic E-state index is 13.6. The number of rotatable bonds is 2. The number of piperidine rings is 1. The number of fused-ring (bicyclic) bond motifs is 1. The molecule has 0 aromatic carbocycles. The number of alkyl halides is 3. The lowest BCUT2D eigenvalue weighted by Gasteiger charge is -2.32. The number of halogens is 3. The zero-order valence-electron chi connectivity index (χ0n) is 16.2. The Bertz CT molecular complexity index is 1180. The van der Waals surface area contributed by atoms with Gasteiger partial charge in [-0.05, 0) is 31.9 Å². The monoisotopic (exact) mass is 421 g/mol. The number of hydrogen-bond acceptors (Lipinski definition) is 6. The van der Waals surface area contributed by atoms with E-state index in [-0.39, 0.29) is 46.2 Å². The van der Waals surface area contributed by atoms with E-state index in [1.165, 1.54) is 31.0 Å². The topological polar surface area (TPSA) is 94.1 Å². The summed E-state index contributed by atoms with van der Waals surface area (Å²) < 4.78 is 46.9. The highest BCUT2D eigenvalue weighted by atomic mass is 19.4. The van der Waals surface area contributed by atoms with Gasteiger partial charge in [0.2, 0.25) is 0 Å². The Morgan fingerprint density at radius 1 is 1.30 bits per heavy atom. The minimum Gasteiger partial charge on any atom is -0.337 e. The van der Waals surface area contributed by atoms with Gasteiger partial charge in [-0.25, -0.2) is 9.67 Å². The molecule has 0 N–H and O–H groups in total. The molecule has 1 amide bonds. The van der Waals surface area contributed by atoms with Crippen molar-refractivity contribution in [1.29, 1.82) is 0 Å². The fourth-order valence-electron chi connectivity index (χ4n) is 3.73. The molecule has 0 saturated carbocycles. The zero-order valence-corrected chi connectivity index (χ0v) is 16.2. The summed E-state index contributed by atoms with van der Waals surface area (Å²) in [6.07, 6.45) is -3.42. The number of nitrogens with zero attached hydrogens (tertiary/aromatic N) is 5. The van der Waals surface area contributed by atoms with Crippen molar-refractivity contribution in [3.63, 3.8) is 0 Å². The Kier molecular flexibility index (Phi) is 4.83. The Labute approximate surface area is 168 Å². The van der Waals surface area contributed by atoms with Crippen molar-refractivity contribution in [2.24, 2.45) is 7.05 Å². The number of carbonyl (C=O) groups is 1. The van der Waals surface area contributed by atoms with E-state index in [1.807, 2.05) is 0 Å². The van der Waals surface area contributed by atoms with E-state index >= 15 is 0 Å². The number of amides is 1. The molecule has 1 unspecified atom stereocenters. The molecule has 11 heteroatoms. The predicted octanol–water partition coefficient (Wildman–Crippen LogP) is 2.66. The van der Waals surface area contributed by atoms with Gasteiger partial charge in [0, 0.05) is 32.1 Å². The van der Waals surface area contributed by atoms with E-state index < -0.39 is 17.7 Å². The molecule has 3 aromatic heterocycles. The molecule has 8 nitrogen and oxygen atoms in total. The lowest BCUT2D eigenvalue weighted by molar-refractivity contribution is -0.136. The van der Waals surface area contributed by atoms with Crippen LogP contribution in [0.2, 0.25) is 0 Å². The molecule has 3 aromatic rings. The molecule has 4 heterocycles. The maximum Gasteiger partial charge on any atom is 0.417 e. The van der Waals surface area contributed by atoms with Gasteiger partial charge in [-0.3, -0.25) is 9.59 Å². The van der Waals surface area contributed by atoms with Crippen molar-refractivity contribution in [1.82, 2.24) is 24.8 Å². The highest BCUT2D eigenvalue weighted by Gasteiger charge is 2.37. The van der Waals surface area contributed by atoms with Crippen molar-refractivity contribution < 1.29 is 22.5 Å². The Morgan fingerprint density at radius 2 is 2.07 bits per heavy atom. The van der Waals surface area contributed by atoms with Crippen LogP contribution in [0.1, 0.15) is 46.2 Å². The number of aromatic nitrogens is 4. The molecule has 0 spiro atoms. The molecule has 4 rings (SSSR count). The van der Waals surface area contributed by atoms with Gasteiger partial charge in [0.25, 0.3) is 17.2 Å². The van der Waals surface area contributed by atoms with Crippen LogP contribution in [0.15, 0.2) is 27.5 Å². The highest BCUT2D eigenvalue weighted by molar-refractivity contribution is 5.92. The SMILES string of the molecule is Cc1noc2nc(C3CCCN(C(=O)c4ccc(=O)n(C)n4)C3)cc(C(F)(F)F)c12. The summed E-state index contributed by atoms with van der Waals surface area (Å²) in [7, 11) is 1.44. The van der Waals surface area contributed by atoms with Crippen LogP contribution in [0.5, 0.6) is 0 Å². The van der Waals surface area contributed by atoms with Crippen LogP contribution in [-0.2, 0) is 13.2 Å². The number of hydrogen-bond donors (Lipinski definition) is 0. The summed E-state index contributed by atoms with van der Waals surface area (Å²) >= 11 is 0. The molecule has 1 aliphatic heterocycles. The molecule has 0 radical (unpaired) electrons. The van der Waals surface area contributed by atoms with Crippen LogP contribution < -0.4 is 5.56 Å². The molecule has 1 fully saturated rings. The standard InChI is InChI=1S/C19H18F3N5O3/c1-10-16-12(19(20,21)22)8-14(23-17(16)30-25-10)11-4-3-7-27(9-11)18(29)13-5-6-15(28)26(2)24-13/h5-6,8,11H,3-4,7,9H2,1-2H3. The summed E-state index contributed by atoms with van der Waals surface area (Å²) in [5.41, 5.74) is -0.926. The Balaban J connectivity index is 1.66. The zero-order chi connectivity index (χ0) is 21.6. The molecule has 0 aliphatic carbocycles. The van der Waals surface area contributed by atoms with Crippen LogP contribution in [0.25, 0.3) is 11.1 Å². The van der Waals surface area contributed by atoms with Crippen LogP contribution >= 0.6 is 0 Å². The van der Waals surface area contributed by atoms with E-state index in [2.05, 4.69) is 15.2 Å². The second-order valence-corrected chi connectivity index (χ2v) is 7.31. The van der Waals surface area contributed by atoms with Crippen molar-refractivity contribution >= 4 is 17.0 Å². The first-order chi connectivity index (χ1) is 14.1. The quantitative estimate of drug-likeness (QED) is 0.632. The van der Waals surface area contributed by atoms with Gasteiger partial charge >= 0.3 is 6.18 Å². The van der Waals surface area contributed by atoms with Crippen molar-refractivity contribution in [3.05, 3.63) is 51.2 Å². The number of likely N-dealkylation sites (tertiary alicyclic amines) is 1. The second-order valence-electron chi connectivity index (χ2n) is 7.31. The molecule has 30 heavy (non-hydrogen) atoms. The first-order valence-corrected chi connectivity index (χ1v) is 9.33. The van der Waals surface area contributed by atoms with Crippen LogP contribution in [0, 0.1) is 6.92 Å². The Morgan fingerprint density at radius 3 is 2.77 bits per heavy atom. The minimum absolute atomic E-state index is 0.100. The molecule has 0 bridgehead atoms. The minimum atomic E-state index is -4.59. The number of carbonyl (C=O) groups excluding carboxylic acids is 1. The molecule has 1 saturated heterocycles. The molecule has 158 valence electrons. The van der Waals surface area contributed by atoms with Crippen molar-refractivity contribution in [2.75, 3.05) is 13.1 Å². The molecular formula is C19H18F3N5O3. The first-order valence-electron chi connectivity index (χ1n) is 9.33. The lowest BCUT2D eigenvalue weighted by Crippen LogP contribution is -2.40. The van der Waals surface area contributed by atoms with Crippen molar-refractivity contribution in [3.8, 4) is 0 Å². The molecule has 1 aliphatic rings. The first kappa shape index (κ1) is 20.0. The maximum atomic E-state index is 13.6. The van der Waals surface area contributed by atoms with Crippen molar-refractivity contribution in [2.45, 2.75) is 31.9 Å². The summed E-state index contributed by atoms with van der Waals surface area (Å²) in [6.45, 7) is 2.06. The average molecular weight is 421 g/mol. The summed E-state index contributed by atoms with van der Waals surface area (Å²) in [4.78, 5) is 30.1. The average Bonchev–Trinajstić information content (AvgIpc) is 3.09. The van der Waals surface area contributed by atoms with Gasteiger partial charge in [-0.2, -0.15) is 18.3 Å². The Hall–Kier alpha value is -3.24. The van der Waals surface area contributed by atoms with E-state index in [9.17, 15) is 22.8 Å². The second kappa shape index (κ2) is 7.22.